The monoisotopic (exact) mass is 461 g/mol. The second-order valence-corrected chi connectivity index (χ2v) is 10.9. The van der Waals surface area contributed by atoms with E-state index in [-0.39, 0.29) is 18.4 Å². The lowest BCUT2D eigenvalue weighted by molar-refractivity contribution is -0.192. The van der Waals surface area contributed by atoms with E-state index in [4.69, 9.17) is 4.74 Å². The number of carbonyl (C=O) groups is 3. The molecule has 5 rings (SSSR count). The lowest BCUT2D eigenvalue weighted by Gasteiger charge is -2.51. The molecule has 34 heavy (non-hydrogen) atoms. The second kappa shape index (κ2) is 7.51. The van der Waals surface area contributed by atoms with Crippen molar-refractivity contribution in [1.82, 2.24) is 4.90 Å². The number of carbonyl (C=O) groups excluding carboxylic acids is 3. The number of cyclic esters (lactones) is 1. The summed E-state index contributed by atoms with van der Waals surface area (Å²) < 4.78 is 5.55. The Labute approximate surface area is 199 Å². The standard InChI is InChI=1S/C28H31NO5/c1-17-9-11-18(12-10-17)22(30)15-21-19-7-5-6-8-20(19)23(31)29(21)24(32)28-14-13-27(4,26(28,2)3)16-34-25(28)33/h5-12,21-22,30H,13-16H2,1-4H3/t21-,22-,27-,28-/m0/s1. The van der Waals surface area contributed by atoms with Crippen molar-refractivity contribution in [1.29, 1.82) is 0 Å². The largest absolute Gasteiger partial charge is 0.464 e. The van der Waals surface area contributed by atoms with Crippen LogP contribution in [0.25, 0.3) is 0 Å². The van der Waals surface area contributed by atoms with Gasteiger partial charge in [0.05, 0.1) is 18.8 Å². The summed E-state index contributed by atoms with van der Waals surface area (Å²) in [6.07, 6.45) is 0.294. The van der Waals surface area contributed by atoms with Crippen molar-refractivity contribution < 1.29 is 24.2 Å². The molecule has 2 fully saturated rings. The van der Waals surface area contributed by atoms with E-state index >= 15 is 0 Å². The van der Waals surface area contributed by atoms with E-state index < -0.39 is 40.8 Å². The zero-order valence-electron chi connectivity index (χ0n) is 20.1. The van der Waals surface area contributed by atoms with Crippen LogP contribution in [0.4, 0.5) is 0 Å². The van der Waals surface area contributed by atoms with Crippen LogP contribution in [0.2, 0.25) is 0 Å². The SMILES string of the molecule is Cc1ccc([C@@H](O)C[C@H]2c3ccccc3C(=O)N2C(=O)[C@@]23CC[C@@](C)(COC2=O)C3(C)C)cc1. The number of hydrogen-bond acceptors (Lipinski definition) is 5. The Bertz CT molecular complexity index is 1190. The summed E-state index contributed by atoms with van der Waals surface area (Å²) in [6.45, 7) is 8.19. The van der Waals surface area contributed by atoms with E-state index in [2.05, 4.69) is 0 Å². The summed E-state index contributed by atoms with van der Waals surface area (Å²) in [5, 5.41) is 11.1. The van der Waals surface area contributed by atoms with Gasteiger partial charge < -0.3 is 9.84 Å². The summed E-state index contributed by atoms with van der Waals surface area (Å²) in [5.41, 5.74) is 0.492. The molecule has 2 amide bonds. The van der Waals surface area contributed by atoms with Crippen molar-refractivity contribution in [3.05, 3.63) is 70.8 Å². The van der Waals surface area contributed by atoms with E-state index in [0.29, 0.717) is 24.0 Å². The smallest absolute Gasteiger partial charge is 0.322 e. The molecule has 2 aromatic carbocycles. The molecule has 4 atom stereocenters. The molecule has 0 radical (unpaired) electrons. The summed E-state index contributed by atoms with van der Waals surface area (Å²) in [6, 6.07) is 14.0. The third-order valence-electron chi connectivity index (χ3n) is 9.07. The maximum absolute atomic E-state index is 14.3. The number of aliphatic hydroxyl groups is 1. The summed E-state index contributed by atoms with van der Waals surface area (Å²) >= 11 is 0. The number of benzene rings is 2. The maximum atomic E-state index is 14.3. The van der Waals surface area contributed by atoms with Gasteiger partial charge in [0.1, 0.15) is 0 Å². The number of fused-ring (bicyclic) bond motifs is 3. The highest BCUT2D eigenvalue weighted by Gasteiger charge is 2.73. The van der Waals surface area contributed by atoms with Gasteiger partial charge in [-0.3, -0.25) is 19.3 Å². The highest BCUT2D eigenvalue weighted by atomic mass is 16.5. The van der Waals surface area contributed by atoms with Crippen molar-refractivity contribution in [3.63, 3.8) is 0 Å². The number of hydrogen-bond donors (Lipinski definition) is 1. The fourth-order valence-corrected chi connectivity index (χ4v) is 6.22. The molecule has 1 saturated carbocycles. The van der Waals surface area contributed by atoms with Crippen LogP contribution < -0.4 is 0 Å². The Kier molecular flexibility index (Phi) is 5.03. The van der Waals surface area contributed by atoms with E-state index in [9.17, 15) is 19.5 Å². The number of esters is 1. The van der Waals surface area contributed by atoms with Crippen LogP contribution in [-0.2, 0) is 14.3 Å². The molecule has 2 heterocycles. The lowest BCUT2D eigenvalue weighted by Crippen LogP contribution is -2.61. The number of aliphatic hydroxyl groups excluding tert-OH is 1. The van der Waals surface area contributed by atoms with Gasteiger partial charge in [0.2, 0.25) is 5.91 Å². The number of rotatable bonds is 4. The predicted octanol–water partition coefficient (Wildman–Crippen LogP) is 4.51. The van der Waals surface area contributed by atoms with Gasteiger partial charge in [-0.1, -0.05) is 68.8 Å². The van der Waals surface area contributed by atoms with E-state index in [1.165, 1.54) is 4.90 Å². The van der Waals surface area contributed by atoms with Gasteiger partial charge in [-0.2, -0.15) is 0 Å². The molecule has 2 aromatic rings. The average Bonchev–Trinajstić information content (AvgIpc) is 3.13. The Morgan fingerprint density at radius 3 is 2.47 bits per heavy atom. The molecule has 2 bridgehead atoms. The molecule has 1 N–H and O–H groups in total. The third-order valence-corrected chi connectivity index (χ3v) is 9.07. The van der Waals surface area contributed by atoms with Gasteiger partial charge in [-0.25, -0.2) is 0 Å². The minimum absolute atomic E-state index is 0.153. The fourth-order valence-electron chi connectivity index (χ4n) is 6.22. The first-order chi connectivity index (χ1) is 16.0. The third kappa shape index (κ3) is 2.87. The van der Waals surface area contributed by atoms with Crippen molar-refractivity contribution in [2.75, 3.05) is 6.61 Å². The first-order valence-electron chi connectivity index (χ1n) is 11.9. The van der Waals surface area contributed by atoms with Crippen molar-refractivity contribution in [2.45, 2.75) is 59.1 Å². The fraction of sp³-hybridized carbons (Fsp3) is 0.464. The lowest BCUT2D eigenvalue weighted by atomic mass is 9.57. The van der Waals surface area contributed by atoms with Crippen LogP contribution >= 0.6 is 0 Å². The van der Waals surface area contributed by atoms with E-state index in [1.807, 2.05) is 64.1 Å². The topological polar surface area (TPSA) is 83.9 Å². The van der Waals surface area contributed by atoms with Crippen molar-refractivity contribution in [3.8, 4) is 0 Å². The first-order valence-corrected chi connectivity index (χ1v) is 11.9. The van der Waals surface area contributed by atoms with Crippen LogP contribution in [0.3, 0.4) is 0 Å². The maximum Gasteiger partial charge on any atom is 0.322 e. The highest BCUT2D eigenvalue weighted by molar-refractivity contribution is 6.15. The summed E-state index contributed by atoms with van der Waals surface area (Å²) in [4.78, 5) is 42.4. The zero-order chi connectivity index (χ0) is 24.5. The van der Waals surface area contributed by atoms with Crippen molar-refractivity contribution in [2.24, 2.45) is 16.2 Å². The minimum atomic E-state index is -1.43. The number of amides is 2. The van der Waals surface area contributed by atoms with E-state index in [0.717, 1.165) is 11.1 Å². The average molecular weight is 462 g/mol. The molecule has 1 aliphatic carbocycles. The molecule has 0 unspecified atom stereocenters. The number of nitrogens with zero attached hydrogens (tertiary/aromatic N) is 1. The number of imide groups is 1. The Balaban J connectivity index is 1.57. The van der Waals surface area contributed by atoms with Gasteiger partial charge in [0.15, 0.2) is 5.41 Å². The Morgan fingerprint density at radius 1 is 1.09 bits per heavy atom. The van der Waals surface area contributed by atoms with Gasteiger partial charge in [-0.15, -0.1) is 0 Å². The van der Waals surface area contributed by atoms with Crippen LogP contribution in [0.1, 0.15) is 79.2 Å². The molecular formula is C28H31NO5. The molecule has 1 saturated heterocycles. The first kappa shape index (κ1) is 22.8. The van der Waals surface area contributed by atoms with Crippen molar-refractivity contribution >= 4 is 17.8 Å². The van der Waals surface area contributed by atoms with Crippen LogP contribution in [0, 0.1) is 23.2 Å². The Morgan fingerprint density at radius 2 is 1.76 bits per heavy atom. The molecule has 6 nitrogen and oxygen atoms in total. The molecule has 3 aliphatic rings. The van der Waals surface area contributed by atoms with Gasteiger partial charge in [-0.05, 0) is 42.4 Å². The number of aryl methyl sites for hydroxylation is 1. The van der Waals surface area contributed by atoms with Gasteiger partial charge in [0, 0.05) is 17.4 Å². The number of ether oxygens (including phenoxy) is 1. The predicted molar refractivity (Wildman–Crippen MR) is 126 cm³/mol. The zero-order valence-corrected chi connectivity index (χ0v) is 20.1. The minimum Gasteiger partial charge on any atom is -0.464 e. The molecule has 0 aromatic heterocycles. The molecular weight excluding hydrogens is 430 g/mol. The molecule has 2 aliphatic heterocycles. The van der Waals surface area contributed by atoms with Crippen LogP contribution in [0.15, 0.2) is 48.5 Å². The van der Waals surface area contributed by atoms with Gasteiger partial charge in [0.25, 0.3) is 5.91 Å². The normalized spacial score (nSPS) is 30.1. The quantitative estimate of drug-likeness (QED) is 0.411. The molecule has 6 heteroatoms. The molecule has 0 spiro atoms. The summed E-state index contributed by atoms with van der Waals surface area (Å²) in [7, 11) is 0. The van der Waals surface area contributed by atoms with Gasteiger partial charge >= 0.3 is 5.97 Å². The summed E-state index contributed by atoms with van der Waals surface area (Å²) in [5.74, 6) is -1.47. The Hall–Kier alpha value is -2.99. The van der Waals surface area contributed by atoms with E-state index in [1.54, 1.807) is 12.1 Å². The van der Waals surface area contributed by atoms with Crippen LogP contribution in [-0.4, -0.2) is 34.4 Å². The highest BCUT2D eigenvalue weighted by Crippen LogP contribution is 2.67. The van der Waals surface area contributed by atoms with Crippen LogP contribution in [0.5, 0.6) is 0 Å². The second-order valence-electron chi connectivity index (χ2n) is 10.9. The molecule has 178 valence electrons.